The normalized spacial score (nSPS) is 10.4. The van der Waals surface area contributed by atoms with Crippen LogP contribution in [0.1, 0.15) is 16.7 Å². The van der Waals surface area contributed by atoms with E-state index in [1.54, 1.807) is 6.20 Å². The van der Waals surface area contributed by atoms with E-state index < -0.39 is 0 Å². The van der Waals surface area contributed by atoms with Crippen molar-refractivity contribution in [2.24, 2.45) is 0 Å². The van der Waals surface area contributed by atoms with Crippen molar-refractivity contribution in [2.45, 2.75) is 19.9 Å². The van der Waals surface area contributed by atoms with E-state index in [-0.39, 0.29) is 0 Å². The summed E-state index contributed by atoms with van der Waals surface area (Å²) < 4.78 is 0. The first-order chi connectivity index (χ1) is 7.79. The van der Waals surface area contributed by atoms with Crippen molar-refractivity contribution >= 4 is 28.8 Å². The number of hydrogen-bond donors (Lipinski definition) is 1. The Morgan fingerprint density at radius 2 is 2.19 bits per heavy atom. The number of aryl methyl sites for hydroxylation is 1. The number of anilines is 1. The van der Waals surface area contributed by atoms with Crippen LogP contribution in [0, 0.1) is 0 Å². The van der Waals surface area contributed by atoms with Crippen LogP contribution in [0.4, 0.5) is 5.82 Å². The first-order valence-electron chi connectivity index (χ1n) is 5.06. The lowest BCUT2D eigenvalue weighted by molar-refractivity contribution is 1.10. The third-order valence-electron chi connectivity index (χ3n) is 2.16. The molecule has 16 heavy (non-hydrogen) atoms. The highest BCUT2D eigenvalue weighted by Crippen LogP contribution is 2.20. The maximum Gasteiger partial charge on any atom is 0.148 e. The van der Waals surface area contributed by atoms with Gasteiger partial charge in [-0.2, -0.15) is 0 Å². The fourth-order valence-corrected chi connectivity index (χ4v) is 2.39. The zero-order valence-corrected chi connectivity index (χ0v) is 10.5. The highest BCUT2D eigenvalue weighted by Gasteiger charge is 2.02. The second-order valence-electron chi connectivity index (χ2n) is 3.29. The van der Waals surface area contributed by atoms with E-state index in [0.717, 1.165) is 13.0 Å². The molecule has 0 atom stereocenters. The molecule has 0 saturated heterocycles. The molecule has 5 heteroatoms. The van der Waals surface area contributed by atoms with Crippen LogP contribution in [0.5, 0.6) is 0 Å². The molecule has 0 bridgehead atoms. The Morgan fingerprint density at radius 1 is 1.38 bits per heavy atom. The number of nitrogens with zero attached hydrogens (tertiary/aromatic N) is 2. The molecule has 2 aromatic rings. The van der Waals surface area contributed by atoms with Crippen molar-refractivity contribution in [3.63, 3.8) is 0 Å². The van der Waals surface area contributed by atoms with Gasteiger partial charge in [0.25, 0.3) is 0 Å². The van der Waals surface area contributed by atoms with Crippen molar-refractivity contribution in [2.75, 3.05) is 5.32 Å². The van der Waals surface area contributed by atoms with Crippen LogP contribution in [0.2, 0.25) is 5.02 Å². The fourth-order valence-electron chi connectivity index (χ4n) is 1.32. The molecule has 0 aliphatic rings. The van der Waals surface area contributed by atoms with Crippen LogP contribution in [0.3, 0.4) is 0 Å². The van der Waals surface area contributed by atoms with Gasteiger partial charge in [-0.25, -0.2) is 9.97 Å². The third kappa shape index (κ3) is 2.71. The Balaban J connectivity index is 1.99. The first kappa shape index (κ1) is 11.4. The molecule has 0 unspecified atom stereocenters. The van der Waals surface area contributed by atoms with Gasteiger partial charge in [-0.1, -0.05) is 18.5 Å². The summed E-state index contributed by atoms with van der Waals surface area (Å²) >= 11 is 7.75. The number of hydrogen-bond acceptors (Lipinski definition) is 4. The zero-order valence-electron chi connectivity index (χ0n) is 8.90. The predicted molar refractivity (Wildman–Crippen MR) is 68.1 cm³/mol. The number of aromatic nitrogens is 2. The molecular formula is C11H12ClN3S. The summed E-state index contributed by atoms with van der Waals surface area (Å²) in [6.07, 6.45) is 4.15. The summed E-state index contributed by atoms with van der Waals surface area (Å²) in [6, 6.07) is 4.29. The Kier molecular flexibility index (Phi) is 3.74. The molecule has 2 rings (SSSR count). The molecule has 3 nitrogen and oxygen atoms in total. The van der Waals surface area contributed by atoms with Gasteiger partial charge in [-0.3, -0.25) is 0 Å². The maximum atomic E-state index is 5.94. The molecule has 0 radical (unpaired) electrons. The van der Waals surface area contributed by atoms with Crippen LogP contribution in [0.25, 0.3) is 0 Å². The summed E-state index contributed by atoms with van der Waals surface area (Å²) in [5.41, 5.74) is 0. The summed E-state index contributed by atoms with van der Waals surface area (Å²) in [5, 5.41) is 3.74. The molecule has 0 saturated carbocycles. The standard InChI is InChI=1S/C11H12ClN3S/c1-2-8-3-4-9(16-8)5-14-11-10(12)6-13-7-15-11/h3-4,6-7H,2,5H2,1H3,(H,13,14,15). The average Bonchev–Trinajstić information content (AvgIpc) is 2.76. The van der Waals surface area contributed by atoms with Gasteiger partial charge in [0.05, 0.1) is 12.7 Å². The molecule has 2 aromatic heterocycles. The monoisotopic (exact) mass is 253 g/mol. The van der Waals surface area contributed by atoms with Gasteiger partial charge in [0, 0.05) is 9.75 Å². The van der Waals surface area contributed by atoms with Gasteiger partial charge < -0.3 is 5.32 Å². The van der Waals surface area contributed by atoms with Crippen LogP contribution >= 0.6 is 22.9 Å². The van der Waals surface area contributed by atoms with Gasteiger partial charge in [0.2, 0.25) is 0 Å². The highest BCUT2D eigenvalue weighted by molar-refractivity contribution is 7.12. The number of thiophene rings is 1. The Bertz CT molecular complexity index is 470. The minimum atomic E-state index is 0.551. The molecule has 84 valence electrons. The third-order valence-corrected chi connectivity index (χ3v) is 3.67. The minimum Gasteiger partial charge on any atom is -0.364 e. The summed E-state index contributed by atoms with van der Waals surface area (Å²) in [5.74, 6) is 0.683. The van der Waals surface area contributed by atoms with E-state index >= 15 is 0 Å². The van der Waals surface area contributed by atoms with Gasteiger partial charge >= 0.3 is 0 Å². The Morgan fingerprint density at radius 3 is 2.88 bits per heavy atom. The SMILES string of the molecule is CCc1ccc(CNc2ncncc2Cl)s1. The largest absolute Gasteiger partial charge is 0.364 e. The summed E-state index contributed by atoms with van der Waals surface area (Å²) in [4.78, 5) is 10.6. The van der Waals surface area contributed by atoms with Crippen molar-refractivity contribution in [1.82, 2.24) is 9.97 Å². The topological polar surface area (TPSA) is 37.8 Å². The van der Waals surface area contributed by atoms with Crippen molar-refractivity contribution in [1.29, 1.82) is 0 Å². The van der Waals surface area contributed by atoms with E-state index in [4.69, 9.17) is 11.6 Å². The average molecular weight is 254 g/mol. The number of halogens is 1. The fraction of sp³-hybridized carbons (Fsp3) is 0.273. The lowest BCUT2D eigenvalue weighted by Gasteiger charge is -2.04. The van der Waals surface area contributed by atoms with Gasteiger partial charge in [-0.15, -0.1) is 11.3 Å². The van der Waals surface area contributed by atoms with Gasteiger partial charge in [-0.05, 0) is 18.6 Å². The van der Waals surface area contributed by atoms with Gasteiger partial charge in [0.1, 0.15) is 17.2 Å². The lowest BCUT2D eigenvalue weighted by atomic mass is 10.3. The maximum absolute atomic E-state index is 5.94. The molecule has 0 fully saturated rings. The molecular weight excluding hydrogens is 242 g/mol. The molecule has 0 amide bonds. The summed E-state index contributed by atoms with van der Waals surface area (Å²) in [6.45, 7) is 2.91. The van der Waals surface area contributed by atoms with E-state index in [1.807, 2.05) is 11.3 Å². The second kappa shape index (κ2) is 5.27. The predicted octanol–water partition coefficient (Wildman–Crippen LogP) is 3.37. The van der Waals surface area contributed by atoms with Crippen LogP contribution < -0.4 is 5.32 Å². The van der Waals surface area contributed by atoms with E-state index in [0.29, 0.717) is 10.8 Å². The Hall–Kier alpha value is -1.13. The molecule has 2 heterocycles. The summed E-state index contributed by atoms with van der Waals surface area (Å²) in [7, 11) is 0. The van der Waals surface area contributed by atoms with Crippen molar-refractivity contribution in [3.05, 3.63) is 39.4 Å². The Labute approximate surface area is 104 Å². The van der Waals surface area contributed by atoms with E-state index in [2.05, 4.69) is 34.3 Å². The van der Waals surface area contributed by atoms with Gasteiger partial charge in [0.15, 0.2) is 0 Å². The molecule has 1 N–H and O–H groups in total. The van der Waals surface area contributed by atoms with E-state index in [1.165, 1.54) is 16.1 Å². The second-order valence-corrected chi connectivity index (χ2v) is 4.95. The number of rotatable bonds is 4. The van der Waals surface area contributed by atoms with E-state index in [9.17, 15) is 0 Å². The smallest absolute Gasteiger partial charge is 0.148 e. The van der Waals surface area contributed by atoms with Crippen molar-refractivity contribution < 1.29 is 0 Å². The molecule has 0 spiro atoms. The first-order valence-corrected chi connectivity index (χ1v) is 6.26. The van der Waals surface area contributed by atoms with Crippen LogP contribution in [0.15, 0.2) is 24.7 Å². The van der Waals surface area contributed by atoms with Crippen molar-refractivity contribution in [3.8, 4) is 0 Å². The zero-order chi connectivity index (χ0) is 11.4. The van der Waals surface area contributed by atoms with Crippen LogP contribution in [-0.2, 0) is 13.0 Å². The molecule has 0 aliphatic heterocycles. The number of nitrogens with one attached hydrogen (secondary N) is 1. The van der Waals surface area contributed by atoms with Crippen LogP contribution in [-0.4, -0.2) is 9.97 Å². The molecule has 0 aliphatic carbocycles. The quantitative estimate of drug-likeness (QED) is 0.908. The minimum absolute atomic E-state index is 0.551. The highest BCUT2D eigenvalue weighted by atomic mass is 35.5. The lowest BCUT2D eigenvalue weighted by Crippen LogP contribution is -2.00. The molecule has 0 aromatic carbocycles.